The van der Waals surface area contributed by atoms with Crippen LogP contribution >= 0.6 is 11.8 Å². The van der Waals surface area contributed by atoms with Crippen LogP contribution in [0.2, 0.25) is 0 Å². The van der Waals surface area contributed by atoms with E-state index in [0.29, 0.717) is 23.3 Å². The Bertz CT molecular complexity index is 1110. The third-order valence-corrected chi connectivity index (χ3v) is 7.52. The molecule has 1 fully saturated rings. The average molecular weight is 453 g/mol. The molecule has 3 heterocycles. The Hall–Kier alpha value is -2.32. The lowest BCUT2D eigenvalue weighted by atomic mass is 9.95. The molecule has 0 atom stereocenters. The molecule has 1 aliphatic carbocycles. The molecular weight excluding hydrogens is 420 g/mol. The number of nitrogen functional groups attached to an aromatic ring is 1. The number of nitrogens with one attached hydrogen (secondary N) is 1. The van der Waals surface area contributed by atoms with Crippen molar-refractivity contribution in [3.8, 4) is 5.75 Å². The topological polar surface area (TPSA) is 90.9 Å². The minimum atomic E-state index is 0.434. The molecule has 7 nitrogen and oxygen atoms in total. The van der Waals surface area contributed by atoms with Crippen molar-refractivity contribution in [1.29, 1.82) is 0 Å². The molecule has 0 saturated heterocycles. The fourth-order valence-electron chi connectivity index (χ4n) is 4.81. The van der Waals surface area contributed by atoms with Crippen LogP contribution in [0.3, 0.4) is 0 Å². The largest absolute Gasteiger partial charge is 0.493 e. The molecule has 2 aromatic heterocycles. The normalized spacial score (nSPS) is 16.2. The van der Waals surface area contributed by atoms with E-state index < -0.39 is 0 Å². The molecule has 1 saturated carbocycles. The van der Waals surface area contributed by atoms with Crippen LogP contribution in [0.5, 0.6) is 5.75 Å². The van der Waals surface area contributed by atoms with Crippen LogP contribution in [0, 0.1) is 0 Å². The zero-order valence-corrected chi connectivity index (χ0v) is 19.7. The number of aryl methyl sites for hydroxylation is 1. The maximum atomic E-state index is 6.16. The first kappa shape index (κ1) is 21.5. The van der Waals surface area contributed by atoms with Crippen LogP contribution in [0.4, 0.5) is 5.82 Å². The van der Waals surface area contributed by atoms with Gasteiger partial charge in [0.1, 0.15) is 12.1 Å². The first-order chi connectivity index (χ1) is 15.6. The predicted octanol–water partition coefficient (Wildman–Crippen LogP) is 4.54. The summed E-state index contributed by atoms with van der Waals surface area (Å²) in [5, 5.41) is 4.42. The fraction of sp³-hybridized carbons (Fsp3) is 0.542. The van der Waals surface area contributed by atoms with E-state index in [1.54, 1.807) is 11.8 Å². The van der Waals surface area contributed by atoms with Crippen LogP contribution in [-0.4, -0.2) is 38.7 Å². The molecule has 5 rings (SSSR count). The molecular formula is C24H32N6OS. The Labute approximate surface area is 193 Å². The first-order valence-corrected chi connectivity index (χ1v) is 12.6. The number of rotatable bonds is 8. The Morgan fingerprint density at radius 1 is 1.25 bits per heavy atom. The van der Waals surface area contributed by atoms with Gasteiger partial charge in [-0.05, 0) is 48.9 Å². The van der Waals surface area contributed by atoms with Gasteiger partial charge in [-0.1, -0.05) is 44.5 Å². The van der Waals surface area contributed by atoms with Crippen LogP contribution in [-0.2, 0) is 13.0 Å². The molecule has 32 heavy (non-hydrogen) atoms. The van der Waals surface area contributed by atoms with Gasteiger partial charge in [0.05, 0.1) is 6.61 Å². The molecule has 8 heteroatoms. The number of imidazole rings is 1. The Morgan fingerprint density at radius 2 is 2.09 bits per heavy atom. The lowest BCUT2D eigenvalue weighted by molar-refractivity contribution is 0.356. The van der Waals surface area contributed by atoms with Crippen LogP contribution in [0.15, 0.2) is 28.5 Å². The number of nitrogens with zero attached hydrogens (tertiary/aromatic N) is 4. The van der Waals surface area contributed by atoms with Gasteiger partial charge in [0.25, 0.3) is 0 Å². The molecule has 0 bridgehead atoms. The van der Waals surface area contributed by atoms with Gasteiger partial charge in [0, 0.05) is 23.9 Å². The van der Waals surface area contributed by atoms with Crippen molar-refractivity contribution in [2.75, 3.05) is 18.9 Å². The van der Waals surface area contributed by atoms with Gasteiger partial charge in [-0.3, -0.25) is 0 Å². The number of ether oxygens (including phenoxy) is 1. The highest BCUT2D eigenvalue weighted by atomic mass is 32.2. The van der Waals surface area contributed by atoms with Gasteiger partial charge in [-0.15, -0.1) is 0 Å². The summed E-state index contributed by atoms with van der Waals surface area (Å²) in [6.45, 7) is 6.89. The van der Waals surface area contributed by atoms with E-state index >= 15 is 0 Å². The lowest BCUT2D eigenvalue weighted by Crippen LogP contribution is -2.24. The second-order valence-electron chi connectivity index (χ2n) is 9.12. The van der Waals surface area contributed by atoms with Crippen molar-refractivity contribution in [1.82, 2.24) is 24.8 Å². The Kier molecular flexibility index (Phi) is 6.24. The van der Waals surface area contributed by atoms with Gasteiger partial charge >= 0.3 is 0 Å². The number of hydrogen-bond donors (Lipinski definition) is 2. The quantitative estimate of drug-likeness (QED) is 0.485. The third kappa shape index (κ3) is 4.30. The summed E-state index contributed by atoms with van der Waals surface area (Å²) in [5.74, 6) is 2.09. The van der Waals surface area contributed by atoms with E-state index in [0.717, 1.165) is 49.1 Å². The van der Waals surface area contributed by atoms with E-state index in [9.17, 15) is 0 Å². The number of hydrogen-bond acceptors (Lipinski definition) is 7. The van der Waals surface area contributed by atoms with Crippen LogP contribution in [0.25, 0.3) is 11.2 Å². The van der Waals surface area contributed by atoms with E-state index in [-0.39, 0.29) is 0 Å². The SMILES string of the molecule is CC(C)NCCCn1c(Sc2cc3c(cc2C2CCCC2)CCO3)nc2c(N)ncnc21. The number of benzene rings is 1. The van der Waals surface area contributed by atoms with Crippen LogP contribution < -0.4 is 15.8 Å². The summed E-state index contributed by atoms with van der Waals surface area (Å²) in [6, 6.07) is 5.11. The minimum absolute atomic E-state index is 0.434. The Morgan fingerprint density at radius 3 is 2.91 bits per heavy atom. The second-order valence-corrected chi connectivity index (χ2v) is 10.1. The standard InChI is InChI=1S/C24H32N6OS/c1-15(2)26-9-5-10-30-23-21(22(25)27-14-28-23)29-24(30)32-20-13-19-17(8-11-31-19)12-18(20)16-6-3-4-7-16/h12-16,26H,3-11H2,1-2H3,(H2,25,27,28). The van der Waals surface area contributed by atoms with Crippen LogP contribution in [0.1, 0.15) is 63.0 Å². The Balaban J connectivity index is 1.51. The second kappa shape index (κ2) is 9.27. The molecule has 0 unspecified atom stereocenters. The van der Waals surface area contributed by atoms with Gasteiger partial charge in [0.2, 0.25) is 0 Å². The van der Waals surface area contributed by atoms with Crippen molar-refractivity contribution in [3.05, 3.63) is 29.6 Å². The van der Waals surface area contributed by atoms with Crippen molar-refractivity contribution in [2.24, 2.45) is 0 Å². The summed E-state index contributed by atoms with van der Waals surface area (Å²) >= 11 is 1.72. The molecule has 0 amide bonds. The summed E-state index contributed by atoms with van der Waals surface area (Å²) in [6.07, 6.45) is 8.69. The highest BCUT2D eigenvalue weighted by Crippen LogP contribution is 2.45. The van der Waals surface area contributed by atoms with E-state index in [2.05, 4.69) is 45.8 Å². The summed E-state index contributed by atoms with van der Waals surface area (Å²) in [7, 11) is 0. The number of nitrogens with two attached hydrogens (primary N) is 1. The van der Waals surface area contributed by atoms with E-state index in [1.165, 1.54) is 48.0 Å². The van der Waals surface area contributed by atoms with Gasteiger partial charge < -0.3 is 20.4 Å². The maximum Gasteiger partial charge on any atom is 0.175 e. The molecule has 1 aromatic carbocycles. The average Bonchev–Trinajstić information content (AvgIpc) is 3.51. The molecule has 0 radical (unpaired) electrons. The van der Waals surface area contributed by atoms with Gasteiger partial charge in [0.15, 0.2) is 22.1 Å². The van der Waals surface area contributed by atoms with E-state index in [4.69, 9.17) is 15.5 Å². The molecule has 1 aliphatic heterocycles. The fourth-order valence-corrected chi connectivity index (χ4v) is 5.94. The first-order valence-electron chi connectivity index (χ1n) is 11.8. The number of fused-ring (bicyclic) bond motifs is 2. The smallest absolute Gasteiger partial charge is 0.175 e. The molecule has 170 valence electrons. The molecule has 2 aliphatic rings. The zero-order chi connectivity index (χ0) is 22.1. The van der Waals surface area contributed by atoms with Crippen molar-refractivity contribution >= 4 is 28.7 Å². The summed E-state index contributed by atoms with van der Waals surface area (Å²) in [5.41, 5.74) is 10.5. The highest BCUT2D eigenvalue weighted by Gasteiger charge is 2.26. The van der Waals surface area contributed by atoms with E-state index in [1.807, 2.05) is 0 Å². The third-order valence-electron chi connectivity index (χ3n) is 6.45. The molecule has 3 N–H and O–H groups in total. The van der Waals surface area contributed by atoms with Crippen molar-refractivity contribution < 1.29 is 4.74 Å². The predicted molar refractivity (Wildman–Crippen MR) is 128 cm³/mol. The van der Waals surface area contributed by atoms with Crippen molar-refractivity contribution in [2.45, 2.75) is 80.9 Å². The number of aromatic nitrogens is 4. The monoisotopic (exact) mass is 452 g/mol. The molecule has 3 aromatic rings. The lowest BCUT2D eigenvalue weighted by Gasteiger charge is -2.17. The molecule has 0 spiro atoms. The van der Waals surface area contributed by atoms with Gasteiger partial charge in [-0.25, -0.2) is 15.0 Å². The van der Waals surface area contributed by atoms with Gasteiger partial charge in [-0.2, -0.15) is 0 Å². The number of anilines is 1. The maximum absolute atomic E-state index is 6.16. The summed E-state index contributed by atoms with van der Waals surface area (Å²) in [4.78, 5) is 14.8. The van der Waals surface area contributed by atoms with Crippen molar-refractivity contribution in [3.63, 3.8) is 0 Å². The highest BCUT2D eigenvalue weighted by molar-refractivity contribution is 7.99. The minimum Gasteiger partial charge on any atom is -0.493 e. The zero-order valence-electron chi connectivity index (χ0n) is 18.9. The summed E-state index contributed by atoms with van der Waals surface area (Å²) < 4.78 is 8.11.